The summed E-state index contributed by atoms with van der Waals surface area (Å²) in [4.78, 5) is 11.1. The molecule has 5 rings (SSSR count). The zero-order valence-electron chi connectivity index (χ0n) is 17.7. The standard InChI is InChI=1S/C22H22F5N5/c1-11-17(23)14(9-16(18(11)24)22(25,26)27)19-15-10-28-21(29-20(15)31(2)30-19)32-7-5-13(6-8-32)12-3-4-12/h9-10,12-13H,3-8H2,1-2H3. The van der Waals surface area contributed by atoms with Crippen LogP contribution in [0.3, 0.4) is 0 Å². The van der Waals surface area contributed by atoms with Gasteiger partial charge in [-0.05, 0) is 50.5 Å². The van der Waals surface area contributed by atoms with Crippen molar-refractivity contribution in [1.29, 1.82) is 0 Å². The minimum atomic E-state index is -4.96. The fraction of sp³-hybridized carbons (Fsp3) is 0.500. The van der Waals surface area contributed by atoms with E-state index in [9.17, 15) is 22.0 Å². The second kappa shape index (κ2) is 7.38. The van der Waals surface area contributed by atoms with Crippen molar-refractivity contribution in [2.45, 2.75) is 38.8 Å². The van der Waals surface area contributed by atoms with Crippen molar-refractivity contribution in [3.63, 3.8) is 0 Å². The lowest BCUT2D eigenvalue weighted by Gasteiger charge is -2.32. The first-order chi connectivity index (χ1) is 15.1. The lowest BCUT2D eigenvalue weighted by molar-refractivity contribution is -0.140. The van der Waals surface area contributed by atoms with Crippen molar-refractivity contribution in [2.75, 3.05) is 18.0 Å². The normalized spacial score (nSPS) is 18.0. The molecule has 10 heteroatoms. The molecule has 2 fully saturated rings. The number of alkyl halides is 3. The molecule has 3 aromatic rings. The van der Waals surface area contributed by atoms with Gasteiger partial charge in [-0.3, -0.25) is 0 Å². The minimum absolute atomic E-state index is 0.0485. The Balaban J connectivity index is 1.53. The fourth-order valence-electron chi connectivity index (χ4n) is 4.67. The molecule has 0 amide bonds. The van der Waals surface area contributed by atoms with Crippen LogP contribution in [0.1, 0.15) is 36.8 Å². The summed E-state index contributed by atoms with van der Waals surface area (Å²) in [5.41, 5.74) is -2.33. The number of benzene rings is 1. The molecule has 0 bridgehead atoms. The second-order valence-corrected chi connectivity index (χ2v) is 8.76. The Bertz CT molecular complexity index is 1190. The van der Waals surface area contributed by atoms with E-state index in [0.29, 0.717) is 23.0 Å². The van der Waals surface area contributed by atoms with Crippen LogP contribution in [-0.2, 0) is 13.2 Å². The summed E-state index contributed by atoms with van der Waals surface area (Å²) in [5, 5.41) is 4.52. The largest absolute Gasteiger partial charge is 0.419 e. The molecular weight excluding hydrogens is 429 g/mol. The minimum Gasteiger partial charge on any atom is -0.341 e. The molecule has 3 heterocycles. The van der Waals surface area contributed by atoms with Crippen LogP contribution in [0.5, 0.6) is 0 Å². The molecule has 1 saturated carbocycles. The van der Waals surface area contributed by atoms with Crippen molar-refractivity contribution in [3.8, 4) is 11.3 Å². The number of piperidine rings is 1. The number of anilines is 1. The van der Waals surface area contributed by atoms with Crippen LogP contribution in [0, 0.1) is 30.4 Å². The van der Waals surface area contributed by atoms with E-state index in [1.807, 2.05) is 0 Å². The van der Waals surface area contributed by atoms with Gasteiger partial charge in [-0.25, -0.2) is 18.4 Å². The van der Waals surface area contributed by atoms with Crippen LogP contribution < -0.4 is 4.90 Å². The van der Waals surface area contributed by atoms with E-state index < -0.39 is 34.5 Å². The van der Waals surface area contributed by atoms with Crippen LogP contribution in [0.4, 0.5) is 27.9 Å². The smallest absolute Gasteiger partial charge is 0.341 e. The molecule has 1 saturated heterocycles. The Morgan fingerprint density at radius 1 is 1.00 bits per heavy atom. The Labute approximate surface area is 181 Å². The first kappa shape index (κ1) is 21.1. The molecule has 32 heavy (non-hydrogen) atoms. The first-order valence-electron chi connectivity index (χ1n) is 10.7. The maximum atomic E-state index is 14.8. The number of hydrogen-bond acceptors (Lipinski definition) is 4. The van der Waals surface area contributed by atoms with Gasteiger partial charge in [0.05, 0.1) is 10.9 Å². The Kier molecular flexibility index (Phi) is 4.86. The zero-order chi connectivity index (χ0) is 22.8. The number of aromatic nitrogens is 4. The third-order valence-corrected chi connectivity index (χ3v) is 6.66. The molecule has 0 N–H and O–H groups in total. The van der Waals surface area contributed by atoms with Crippen molar-refractivity contribution >= 4 is 17.0 Å². The van der Waals surface area contributed by atoms with E-state index in [-0.39, 0.29) is 5.69 Å². The molecule has 0 spiro atoms. The van der Waals surface area contributed by atoms with E-state index >= 15 is 0 Å². The Morgan fingerprint density at radius 2 is 1.66 bits per heavy atom. The molecule has 0 atom stereocenters. The van der Waals surface area contributed by atoms with Crippen LogP contribution in [0.25, 0.3) is 22.3 Å². The van der Waals surface area contributed by atoms with E-state index in [4.69, 9.17) is 0 Å². The lowest BCUT2D eigenvalue weighted by atomic mass is 9.92. The highest BCUT2D eigenvalue weighted by atomic mass is 19.4. The molecule has 0 unspecified atom stereocenters. The lowest BCUT2D eigenvalue weighted by Crippen LogP contribution is -2.35. The summed E-state index contributed by atoms with van der Waals surface area (Å²) in [7, 11) is 1.58. The van der Waals surface area contributed by atoms with Gasteiger partial charge in [0, 0.05) is 37.5 Å². The van der Waals surface area contributed by atoms with E-state index in [2.05, 4.69) is 20.0 Å². The predicted molar refractivity (Wildman–Crippen MR) is 109 cm³/mol. The van der Waals surface area contributed by atoms with Crippen molar-refractivity contribution in [3.05, 3.63) is 35.0 Å². The van der Waals surface area contributed by atoms with Crippen molar-refractivity contribution in [1.82, 2.24) is 19.7 Å². The zero-order valence-corrected chi connectivity index (χ0v) is 17.7. The highest BCUT2D eigenvalue weighted by Crippen LogP contribution is 2.42. The molecule has 2 aliphatic rings. The monoisotopic (exact) mass is 451 g/mol. The van der Waals surface area contributed by atoms with Gasteiger partial charge in [0.25, 0.3) is 0 Å². The van der Waals surface area contributed by atoms with Crippen LogP contribution >= 0.6 is 0 Å². The third kappa shape index (κ3) is 3.49. The van der Waals surface area contributed by atoms with Gasteiger partial charge >= 0.3 is 6.18 Å². The second-order valence-electron chi connectivity index (χ2n) is 8.76. The van der Waals surface area contributed by atoms with Gasteiger partial charge < -0.3 is 4.90 Å². The van der Waals surface area contributed by atoms with E-state index in [0.717, 1.165) is 44.7 Å². The number of halogens is 5. The van der Waals surface area contributed by atoms with Gasteiger partial charge in [0.1, 0.15) is 17.3 Å². The molecule has 1 aliphatic carbocycles. The quantitative estimate of drug-likeness (QED) is 0.510. The summed E-state index contributed by atoms with van der Waals surface area (Å²) in [6.45, 7) is 2.67. The average Bonchev–Trinajstić information content (AvgIpc) is 3.56. The van der Waals surface area contributed by atoms with Crippen LogP contribution in [0.2, 0.25) is 0 Å². The summed E-state index contributed by atoms with van der Waals surface area (Å²) < 4.78 is 70.2. The van der Waals surface area contributed by atoms with Gasteiger partial charge in [-0.2, -0.15) is 23.3 Å². The van der Waals surface area contributed by atoms with Crippen molar-refractivity contribution in [2.24, 2.45) is 18.9 Å². The van der Waals surface area contributed by atoms with Crippen molar-refractivity contribution < 1.29 is 22.0 Å². The summed E-state index contributed by atoms with van der Waals surface area (Å²) >= 11 is 0. The summed E-state index contributed by atoms with van der Waals surface area (Å²) in [6, 6.07) is 0.468. The number of nitrogens with zero attached hydrogens (tertiary/aromatic N) is 5. The number of aryl methyl sites for hydroxylation is 1. The molecule has 0 radical (unpaired) electrons. The van der Waals surface area contributed by atoms with Gasteiger partial charge in [-0.15, -0.1) is 0 Å². The number of hydrogen-bond donors (Lipinski definition) is 0. The van der Waals surface area contributed by atoms with Crippen LogP contribution in [0.15, 0.2) is 12.3 Å². The first-order valence-corrected chi connectivity index (χ1v) is 10.7. The van der Waals surface area contributed by atoms with Crippen LogP contribution in [-0.4, -0.2) is 32.8 Å². The number of fused-ring (bicyclic) bond motifs is 1. The molecule has 2 aromatic heterocycles. The molecule has 170 valence electrons. The third-order valence-electron chi connectivity index (χ3n) is 6.66. The molecule has 1 aliphatic heterocycles. The van der Waals surface area contributed by atoms with E-state index in [1.54, 1.807) is 7.05 Å². The average molecular weight is 451 g/mol. The molecule has 1 aromatic carbocycles. The topological polar surface area (TPSA) is 46.8 Å². The highest BCUT2D eigenvalue weighted by Gasteiger charge is 2.37. The number of rotatable bonds is 3. The summed E-state index contributed by atoms with van der Waals surface area (Å²) in [6.07, 6.45) is 1.31. The maximum absolute atomic E-state index is 14.8. The Hall–Kier alpha value is -2.78. The van der Waals surface area contributed by atoms with Gasteiger partial charge in [-0.1, -0.05) is 0 Å². The fourth-order valence-corrected chi connectivity index (χ4v) is 4.67. The summed E-state index contributed by atoms with van der Waals surface area (Å²) in [5.74, 6) is -0.566. The predicted octanol–water partition coefficient (Wildman–Crippen LogP) is 5.26. The maximum Gasteiger partial charge on any atom is 0.419 e. The van der Waals surface area contributed by atoms with Gasteiger partial charge in [0.15, 0.2) is 5.65 Å². The van der Waals surface area contributed by atoms with E-state index in [1.165, 1.54) is 23.7 Å². The highest BCUT2D eigenvalue weighted by molar-refractivity contribution is 5.91. The Morgan fingerprint density at radius 3 is 2.28 bits per heavy atom. The molecule has 5 nitrogen and oxygen atoms in total. The van der Waals surface area contributed by atoms with Gasteiger partial charge in [0.2, 0.25) is 5.95 Å². The molecular formula is C22H22F5N5. The SMILES string of the molecule is Cc1c(F)c(-c2nn(C)c3nc(N4CCC(C5CC5)CC4)ncc23)cc(C(F)(F)F)c1F.